The quantitative estimate of drug-likeness (QED) is 0.909. The first-order chi connectivity index (χ1) is 10.4. The third-order valence-electron chi connectivity index (χ3n) is 3.67. The van der Waals surface area contributed by atoms with Crippen LogP contribution in [0.5, 0.6) is 0 Å². The van der Waals surface area contributed by atoms with Gasteiger partial charge in [0.25, 0.3) is 0 Å². The highest BCUT2D eigenvalue weighted by molar-refractivity contribution is 7.09. The molecular weight excluding hydrogens is 296 g/mol. The molecule has 0 unspecified atom stereocenters. The Hall–Kier alpha value is -1.82. The first-order valence-electron chi connectivity index (χ1n) is 7.50. The Morgan fingerprint density at radius 2 is 2.18 bits per heavy atom. The van der Waals surface area contributed by atoms with E-state index in [2.05, 4.69) is 35.7 Å². The molecular formula is C16H24N4OS. The fourth-order valence-corrected chi connectivity index (χ4v) is 3.08. The van der Waals surface area contributed by atoms with Crippen LogP contribution >= 0.6 is 11.3 Å². The van der Waals surface area contributed by atoms with Gasteiger partial charge in [-0.25, -0.2) is 4.79 Å². The minimum atomic E-state index is -0.0916. The Kier molecular flexibility index (Phi) is 5.24. The third kappa shape index (κ3) is 3.68. The number of anilines is 1. The summed E-state index contributed by atoms with van der Waals surface area (Å²) in [7, 11) is 1.82. The molecule has 0 bridgehead atoms. The van der Waals surface area contributed by atoms with Crippen molar-refractivity contribution in [3.8, 4) is 0 Å². The van der Waals surface area contributed by atoms with Crippen LogP contribution in [0.2, 0.25) is 0 Å². The van der Waals surface area contributed by atoms with Crippen molar-refractivity contribution in [3.63, 3.8) is 0 Å². The van der Waals surface area contributed by atoms with Crippen molar-refractivity contribution < 1.29 is 4.79 Å². The van der Waals surface area contributed by atoms with Gasteiger partial charge in [0.05, 0.1) is 17.1 Å². The van der Waals surface area contributed by atoms with Crippen LogP contribution in [0.25, 0.3) is 0 Å². The molecule has 6 heteroatoms. The van der Waals surface area contributed by atoms with E-state index in [1.54, 1.807) is 16.2 Å². The zero-order valence-electron chi connectivity index (χ0n) is 13.9. The third-order valence-corrected chi connectivity index (χ3v) is 4.60. The van der Waals surface area contributed by atoms with Crippen molar-refractivity contribution in [2.45, 2.75) is 40.2 Å². The van der Waals surface area contributed by atoms with Crippen LogP contribution in [0, 0.1) is 13.8 Å². The number of hydrogen-bond donors (Lipinski definition) is 1. The summed E-state index contributed by atoms with van der Waals surface area (Å²) in [6, 6.07) is 4.32. The molecule has 0 saturated heterocycles. The lowest BCUT2D eigenvalue weighted by Gasteiger charge is -2.18. The normalized spacial score (nSPS) is 11.0. The highest BCUT2D eigenvalue weighted by atomic mass is 32.1. The van der Waals surface area contributed by atoms with Gasteiger partial charge < -0.3 is 10.2 Å². The molecule has 0 atom stereocenters. The summed E-state index contributed by atoms with van der Waals surface area (Å²) in [6.45, 7) is 8.77. The van der Waals surface area contributed by atoms with E-state index in [0.29, 0.717) is 6.54 Å². The van der Waals surface area contributed by atoms with Gasteiger partial charge in [0.2, 0.25) is 0 Å². The van der Waals surface area contributed by atoms with Gasteiger partial charge in [0.1, 0.15) is 0 Å². The molecule has 2 rings (SSSR count). The number of amides is 2. The van der Waals surface area contributed by atoms with Gasteiger partial charge in [-0.05, 0) is 45.6 Å². The molecule has 1 N–H and O–H groups in total. The van der Waals surface area contributed by atoms with Gasteiger partial charge in [0.15, 0.2) is 0 Å². The number of urea groups is 1. The molecule has 0 radical (unpaired) electrons. The monoisotopic (exact) mass is 320 g/mol. The molecule has 0 aromatic carbocycles. The summed E-state index contributed by atoms with van der Waals surface area (Å²) in [4.78, 5) is 15.3. The maximum Gasteiger partial charge on any atom is 0.321 e. The van der Waals surface area contributed by atoms with Gasteiger partial charge in [0, 0.05) is 24.5 Å². The molecule has 2 heterocycles. The van der Waals surface area contributed by atoms with Gasteiger partial charge in [-0.3, -0.25) is 4.68 Å². The molecule has 5 nitrogen and oxygen atoms in total. The Morgan fingerprint density at radius 3 is 2.73 bits per heavy atom. The number of thiophene rings is 1. The Labute approximate surface area is 135 Å². The van der Waals surface area contributed by atoms with Crippen molar-refractivity contribution in [2.24, 2.45) is 0 Å². The van der Waals surface area contributed by atoms with Gasteiger partial charge >= 0.3 is 6.03 Å². The second-order valence-corrected chi connectivity index (χ2v) is 6.80. The van der Waals surface area contributed by atoms with Gasteiger partial charge in [-0.15, -0.1) is 11.3 Å². The van der Waals surface area contributed by atoms with Crippen molar-refractivity contribution in [1.29, 1.82) is 0 Å². The maximum atomic E-state index is 12.3. The predicted octanol–water partition coefficient (Wildman–Crippen LogP) is 3.85. The Bertz CT molecular complexity index is 631. The zero-order chi connectivity index (χ0) is 16.3. The first kappa shape index (κ1) is 16.5. The first-order valence-corrected chi connectivity index (χ1v) is 8.38. The molecule has 0 saturated carbocycles. The molecule has 120 valence electrons. The summed E-state index contributed by atoms with van der Waals surface area (Å²) in [6.07, 6.45) is 0.880. The highest BCUT2D eigenvalue weighted by Gasteiger charge is 2.17. The minimum absolute atomic E-state index is 0.0916. The van der Waals surface area contributed by atoms with E-state index in [1.807, 2.05) is 31.6 Å². The molecule has 0 aliphatic rings. The van der Waals surface area contributed by atoms with Crippen molar-refractivity contribution in [2.75, 3.05) is 18.9 Å². The van der Waals surface area contributed by atoms with Crippen LogP contribution in [-0.2, 0) is 6.42 Å². The smallest absolute Gasteiger partial charge is 0.321 e. The van der Waals surface area contributed by atoms with Crippen molar-refractivity contribution in [3.05, 3.63) is 33.8 Å². The second-order valence-electron chi connectivity index (χ2n) is 5.77. The van der Waals surface area contributed by atoms with E-state index in [4.69, 9.17) is 0 Å². The minimum Gasteiger partial charge on any atom is -0.327 e. The second kappa shape index (κ2) is 6.96. The number of hydrogen-bond acceptors (Lipinski definition) is 3. The SMILES string of the molecule is Cc1nn(C(C)C)c(C)c1NC(=O)N(C)CCc1cccs1. The number of carbonyl (C=O) groups is 1. The zero-order valence-corrected chi connectivity index (χ0v) is 14.7. The highest BCUT2D eigenvalue weighted by Crippen LogP contribution is 2.22. The number of aryl methyl sites for hydroxylation is 1. The van der Waals surface area contributed by atoms with Crippen LogP contribution in [-0.4, -0.2) is 34.3 Å². The molecule has 0 aliphatic carbocycles. The average molecular weight is 320 g/mol. The summed E-state index contributed by atoms with van der Waals surface area (Å²) in [5.41, 5.74) is 2.67. The predicted molar refractivity (Wildman–Crippen MR) is 91.8 cm³/mol. The van der Waals surface area contributed by atoms with Crippen molar-refractivity contribution in [1.82, 2.24) is 14.7 Å². The molecule has 0 fully saturated rings. The van der Waals surface area contributed by atoms with Gasteiger partial charge in [-0.2, -0.15) is 5.10 Å². The molecule has 22 heavy (non-hydrogen) atoms. The lowest BCUT2D eigenvalue weighted by atomic mass is 10.3. The fourth-order valence-electron chi connectivity index (χ4n) is 2.38. The van der Waals surface area contributed by atoms with Crippen molar-refractivity contribution >= 4 is 23.1 Å². The average Bonchev–Trinajstić information content (AvgIpc) is 3.07. The van der Waals surface area contributed by atoms with E-state index in [1.165, 1.54) is 4.88 Å². The number of aromatic nitrogens is 2. The van der Waals surface area contributed by atoms with E-state index in [0.717, 1.165) is 23.5 Å². The number of carbonyl (C=O) groups excluding carboxylic acids is 1. The molecule has 2 amide bonds. The number of nitrogens with one attached hydrogen (secondary N) is 1. The Balaban J connectivity index is 1.99. The maximum absolute atomic E-state index is 12.3. The summed E-state index contributed by atoms with van der Waals surface area (Å²) < 4.78 is 1.94. The standard InChI is InChI=1S/C16H24N4OS/c1-11(2)20-13(4)15(12(3)18-20)17-16(21)19(5)9-8-14-7-6-10-22-14/h6-7,10-11H,8-9H2,1-5H3,(H,17,21). The fraction of sp³-hybridized carbons (Fsp3) is 0.500. The van der Waals surface area contributed by atoms with E-state index in [9.17, 15) is 4.79 Å². The van der Waals surface area contributed by atoms with Crippen LogP contribution < -0.4 is 5.32 Å². The number of rotatable bonds is 5. The lowest BCUT2D eigenvalue weighted by Crippen LogP contribution is -2.33. The van der Waals surface area contributed by atoms with Gasteiger partial charge in [-0.1, -0.05) is 6.07 Å². The Morgan fingerprint density at radius 1 is 1.45 bits per heavy atom. The van der Waals surface area contributed by atoms with E-state index in [-0.39, 0.29) is 12.1 Å². The summed E-state index contributed by atoms with van der Waals surface area (Å²) >= 11 is 1.72. The largest absolute Gasteiger partial charge is 0.327 e. The van der Waals surface area contributed by atoms with Crippen LogP contribution in [0.3, 0.4) is 0 Å². The van der Waals surface area contributed by atoms with E-state index < -0.39 is 0 Å². The topological polar surface area (TPSA) is 50.2 Å². The number of nitrogens with zero attached hydrogens (tertiary/aromatic N) is 3. The summed E-state index contributed by atoms with van der Waals surface area (Å²) in [5, 5.41) is 9.54. The number of likely N-dealkylation sites (N-methyl/N-ethyl adjacent to an activating group) is 1. The van der Waals surface area contributed by atoms with Crippen LogP contribution in [0.4, 0.5) is 10.5 Å². The van der Waals surface area contributed by atoms with Crippen LogP contribution in [0.1, 0.15) is 36.2 Å². The van der Waals surface area contributed by atoms with E-state index >= 15 is 0 Å². The van der Waals surface area contributed by atoms with Crippen LogP contribution in [0.15, 0.2) is 17.5 Å². The summed E-state index contributed by atoms with van der Waals surface area (Å²) in [5.74, 6) is 0. The lowest BCUT2D eigenvalue weighted by molar-refractivity contribution is 0.223. The molecule has 0 spiro atoms. The molecule has 2 aromatic rings. The molecule has 2 aromatic heterocycles. The molecule has 0 aliphatic heterocycles.